The van der Waals surface area contributed by atoms with Gasteiger partial charge in [0.15, 0.2) is 0 Å². The summed E-state index contributed by atoms with van der Waals surface area (Å²) in [5, 5.41) is 3.27. The lowest BCUT2D eigenvalue weighted by Crippen LogP contribution is -2.33. The van der Waals surface area contributed by atoms with Crippen LogP contribution in [0.5, 0.6) is 5.75 Å². The van der Waals surface area contributed by atoms with Gasteiger partial charge in [0.25, 0.3) is 0 Å². The van der Waals surface area contributed by atoms with Crippen molar-refractivity contribution < 1.29 is 14.3 Å². The Morgan fingerprint density at radius 2 is 2.47 bits per heavy atom. The smallest absolute Gasteiger partial charge is 0.307 e. The van der Waals surface area contributed by atoms with E-state index in [1.54, 1.807) is 6.92 Å². The summed E-state index contributed by atoms with van der Waals surface area (Å²) in [6, 6.07) is 5.74. The minimum atomic E-state index is -0.200. The fraction of sp³-hybridized carbons (Fsp3) is 0.417. The van der Waals surface area contributed by atoms with Crippen molar-refractivity contribution in [2.45, 2.75) is 19.4 Å². The number of anilines is 1. The quantitative estimate of drug-likeness (QED) is 0.872. The zero-order chi connectivity index (χ0) is 12.3. The number of hydrogen-bond donors (Lipinski definition) is 1. The molecule has 0 amide bonds. The third kappa shape index (κ3) is 3.12. The zero-order valence-electron chi connectivity index (χ0n) is 9.53. The third-order valence-corrected chi connectivity index (χ3v) is 2.95. The predicted molar refractivity (Wildman–Crippen MR) is 68.3 cm³/mol. The number of rotatable bonds is 3. The second-order valence-corrected chi connectivity index (χ2v) is 4.72. The Morgan fingerprint density at radius 3 is 3.24 bits per heavy atom. The Labute approximate surface area is 108 Å². The van der Waals surface area contributed by atoms with E-state index in [4.69, 9.17) is 9.47 Å². The Balaban J connectivity index is 1.99. The van der Waals surface area contributed by atoms with Crippen molar-refractivity contribution in [3.63, 3.8) is 0 Å². The van der Waals surface area contributed by atoms with E-state index in [0.717, 1.165) is 15.9 Å². The number of halogens is 1. The molecule has 0 saturated heterocycles. The first kappa shape index (κ1) is 12.2. The summed E-state index contributed by atoms with van der Waals surface area (Å²) in [5.41, 5.74) is 0.911. The summed E-state index contributed by atoms with van der Waals surface area (Å²) in [6.45, 7) is 2.69. The third-order valence-electron chi connectivity index (χ3n) is 2.46. The first-order valence-electron chi connectivity index (χ1n) is 5.53. The van der Waals surface area contributed by atoms with Crippen LogP contribution in [-0.2, 0) is 9.53 Å². The molecule has 1 aromatic rings. The monoisotopic (exact) mass is 299 g/mol. The van der Waals surface area contributed by atoms with Gasteiger partial charge in [0.05, 0.1) is 24.8 Å². The number of carbonyl (C=O) groups is 1. The predicted octanol–water partition coefficient (Wildman–Crippen LogP) is 2.58. The number of esters is 1. The molecule has 0 aromatic heterocycles. The van der Waals surface area contributed by atoms with E-state index in [9.17, 15) is 4.79 Å². The molecule has 92 valence electrons. The van der Waals surface area contributed by atoms with Crippen LogP contribution in [0, 0.1) is 0 Å². The molecule has 1 aliphatic heterocycles. The van der Waals surface area contributed by atoms with Crippen LogP contribution in [0.2, 0.25) is 0 Å². The molecule has 1 aliphatic rings. The SMILES string of the molecule is CCOC(=O)C[C@H]1COc2cc(Br)ccc2N1. The van der Waals surface area contributed by atoms with E-state index in [2.05, 4.69) is 21.2 Å². The van der Waals surface area contributed by atoms with Crippen molar-refractivity contribution in [1.29, 1.82) is 0 Å². The van der Waals surface area contributed by atoms with E-state index < -0.39 is 0 Å². The van der Waals surface area contributed by atoms with E-state index in [1.807, 2.05) is 18.2 Å². The molecule has 1 atom stereocenters. The maximum atomic E-state index is 11.4. The van der Waals surface area contributed by atoms with E-state index in [-0.39, 0.29) is 12.0 Å². The van der Waals surface area contributed by atoms with Crippen molar-refractivity contribution in [3.8, 4) is 5.75 Å². The molecular formula is C12H14BrNO3. The van der Waals surface area contributed by atoms with Gasteiger partial charge in [0.2, 0.25) is 0 Å². The summed E-state index contributed by atoms with van der Waals surface area (Å²) in [6.07, 6.45) is 0.323. The van der Waals surface area contributed by atoms with Crippen molar-refractivity contribution in [3.05, 3.63) is 22.7 Å². The van der Waals surface area contributed by atoms with Gasteiger partial charge in [-0.05, 0) is 25.1 Å². The first-order chi connectivity index (χ1) is 8.19. The molecule has 0 radical (unpaired) electrons. The van der Waals surface area contributed by atoms with Crippen LogP contribution in [-0.4, -0.2) is 25.2 Å². The Kier molecular flexibility index (Phi) is 3.89. The van der Waals surface area contributed by atoms with Crippen LogP contribution in [0.3, 0.4) is 0 Å². The highest BCUT2D eigenvalue weighted by Gasteiger charge is 2.21. The lowest BCUT2D eigenvalue weighted by atomic mass is 10.1. The number of carbonyl (C=O) groups excluding carboxylic acids is 1. The van der Waals surface area contributed by atoms with Crippen LogP contribution >= 0.6 is 15.9 Å². The van der Waals surface area contributed by atoms with Crippen LogP contribution in [0.1, 0.15) is 13.3 Å². The van der Waals surface area contributed by atoms with Gasteiger partial charge in [0, 0.05) is 4.47 Å². The number of fused-ring (bicyclic) bond motifs is 1. The maximum absolute atomic E-state index is 11.4. The van der Waals surface area contributed by atoms with Gasteiger partial charge >= 0.3 is 5.97 Å². The van der Waals surface area contributed by atoms with E-state index >= 15 is 0 Å². The largest absolute Gasteiger partial charge is 0.489 e. The molecule has 0 fully saturated rings. The number of ether oxygens (including phenoxy) is 2. The lowest BCUT2D eigenvalue weighted by Gasteiger charge is -2.26. The summed E-state index contributed by atoms with van der Waals surface area (Å²) < 4.78 is 11.5. The highest BCUT2D eigenvalue weighted by molar-refractivity contribution is 9.10. The maximum Gasteiger partial charge on any atom is 0.307 e. The Bertz CT molecular complexity index is 422. The average Bonchev–Trinajstić information content (AvgIpc) is 2.29. The molecule has 1 aromatic carbocycles. The number of nitrogens with one attached hydrogen (secondary N) is 1. The summed E-state index contributed by atoms with van der Waals surface area (Å²) in [4.78, 5) is 11.4. The minimum Gasteiger partial charge on any atom is -0.489 e. The summed E-state index contributed by atoms with van der Waals surface area (Å²) in [7, 11) is 0. The van der Waals surface area contributed by atoms with Crippen LogP contribution in [0.25, 0.3) is 0 Å². The lowest BCUT2D eigenvalue weighted by molar-refractivity contribution is -0.143. The van der Waals surface area contributed by atoms with Crippen molar-refractivity contribution >= 4 is 27.6 Å². The van der Waals surface area contributed by atoms with Gasteiger partial charge in [-0.15, -0.1) is 0 Å². The fourth-order valence-electron chi connectivity index (χ4n) is 1.72. The van der Waals surface area contributed by atoms with Crippen molar-refractivity contribution in [2.24, 2.45) is 0 Å². The van der Waals surface area contributed by atoms with Crippen LogP contribution < -0.4 is 10.1 Å². The first-order valence-corrected chi connectivity index (χ1v) is 6.33. The Hall–Kier alpha value is -1.23. The molecular weight excluding hydrogens is 286 g/mol. The minimum absolute atomic E-state index is 0.0253. The van der Waals surface area contributed by atoms with Gasteiger partial charge in [0.1, 0.15) is 12.4 Å². The second-order valence-electron chi connectivity index (χ2n) is 3.80. The molecule has 0 bridgehead atoms. The molecule has 0 aliphatic carbocycles. The Morgan fingerprint density at radius 1 is 1.65 bits per heavy atom. The standard InChI is InChI=1S/C12H14BrNO3/c1-2-16-12(15)6-9-7-17-11-5-8(13)3-4-10(11)14-9/h3-5,9,14H,2,6-7H2,1H3/t9-/m0/s1. The molecule has 4 nitrogen and oxygen atoms in total. The molecule has 5 heteroatoms. The second kappa shape index (κ2) is 5.40. The topological polar surface area (TPSA) is 47.6 Å². The average molecular weight is 300 g/mol. The van der Waals surface area contributed by atoms with Gasteiger partial charge < -0.3 is 14.8 Å². The molecule has 1 heterocycles. The highest BCUT2D eigenvalue weighted by Crippen LogP contribution is 2.32. The van der Waals surface area contributed by atoms with Crippen molar-refractivity contribution in [1.82, 2.24) is 0 Å². The van der Waals surface area contributed by atoms with E-state index in [1.165, 1.54) is 0 Å². The number of benzene rings is 1. The van der Waals surface area contributed by atoms with Gasteiger partial charge in [-0.25, -0.2) is 0 Å². The summed E-state index contributed by atoms with van der Waals surface area (Å²) >= 11 is 3.38. The molecule has 2 rings (SSSR count). The molecule has 0 spiro atoms. The molecule has 1 N–H and O–H groups in total. The van der Waals surface area contributed by atoms with Gasteiger partial charge in [-0.3, -0.25) is 4.79 Å². The number of hydrogen-bond acceptors (Lipinski definition) is 4. The van der Waals surface area contributed by atoms with Crippen LogP contribution in [0.4, 0.5) is 5.69 Å². The zero-order valence-corrected chi connectivity index (χ0v) is 11.1. The van der Waals surface area contributed by atoms with E-state index in [0.29, 0.717) is 19.6 Å². The van der Waals surface area contributed by atoms with Crippen molar-refractivity contribution in [2.75, 3.05) is 18.5 Å². The van der Waals surface area contributed by atoms with Crippen LogP contribution in [0.15, 0.2) is 22.7 Å². The molecule has 17 heavy (non-hydrogen) atoms. The molecule has 0 saturated carbocycles. The normalized spacial score (nSPS) is 17.6. The van der Waals surface area contributed by atoms with Gasteiger partial charge in [-0.1, -0.05) is 15.9 Å². The van der Waals surface area contributed by atoms with Gasteiger partial charge in [-0.2, -0.15) is 0 Å². The molecule has 0 unspecified atom stereocenters. The highest BCUT2D eigenvalue weighted by atomic mass is 79.9. The fourth-order valence-corrected chi connectivity index (χ4v) is 2.06. The summed E-state index contributed by atoms with van der Waals surface area (Å²) in [5.74, 6) is 0.605.